The largest absolute Gasteiger partial charge is 0.225 e. The van der Waals surface area contributed by atoms with Crippen molar-refractivity contribution in [2.75, 3.05) is 0 Å². The van der Waals surface area contributed by atoms with Crippen LogP contribution in [0.5, 0.6) is 0 Å². The molecule has 0 bridgehead atoms. The second-order valence-corrected chi connectivity index (χ2v) is 5.60. The molecule has 0 aliphatic heterocycles. The molecule has 0 aromatic carbocycles. The first kappa shape index (κ1) is 13.7. The Morgan fingerprint density at radius 2 is 1.75 bits per heavy atom. The van der Waals surface area contributed by atoms with E-state index in [2.05, 4.69) is 30.8 Å². The van der Waals surface area contributed by atoms with Gasteiger partial charge in [-0.05, 0) is 13.3 Å². The monoisotopic (exact) mass is 240 g/mol. The van der Waals surface area contributed by atoms with E-state index in [-0.39, 0.29) is 0 Å². The van der Waals surface area contributed by atoms with Crippen molar-refractivity contribution >= 4 is 11.3 Å². The molecule has 0 spiro atoms. The normalized spacial score (nSPS) is 10.9. The highest BCUT2D eigenvalue weighted by molar-refractivity contribution is 7.09. The summed E-state index contributed by atoms with van der Waals surface area (Å²) in [6.07, 6.45) is 9.50. The number of unbranched alkanes of at least 4 members (excludes halogenated alkanes) is 5. The third-order valence-electron chi connectivity index (χ3n) is 3.20. The molecule has 2 heteroatoms. The van der Waals surface area contributed by atoms with Gasteiger partial charge in [-0.15, -0.1) is 0 Å². The van der Waals surface area contributed by atoms with Crippen LogP contribution in [0.2, 0.25) is 0 Å². The minimum atomic E-state index is 1.17. The standard InChI is InChI=1S/C14H26NS/c1-4-6-7-8-9-10-11-15-12-16-13(3)14(15)5-2/h12H,4-11H2,1-3H3/q+1. The van der Waals surface area contributed by atoms with Gasteiger partial charge in [-0.1, -0.05) is 50.9 Å². The minimum Gasteiger partial charge on any atom is -0.192 e. The molecule has 16 heavy (non-hydrogen) atoms. The van der Waals surface area contributed by atoms with Gasteiger partial charge >= 0.3 is 0 Å². The van der Waals surface area contributed by atoms with Crippen LogP contribution >= 0.6 is 11.3 Å². The summed E-state index contributed by atoms with van der Waals surface area (Å²) in [7, 11) is 0. The molecule has 0 fully saturated rings. The number of aromatic nitrogens is 1. The Morgan fingerprint density at radius 3 is 2.44 bits per heavy atom. The van der Waals surface area contributed by atoms with Gasteiger partial charge in [0.05, 0.1) is 4.88 Å². The SMILES string of the molecule is CCCCCCCC[n+]1csc(C)c1CC. The summed E-state index contributed by atoms with van der Waals surface area (Å²) in [4.78, 5) is 1.49. The van der Waals surface area contributed by atoms with E-state index >= 15 is 0 Å². The van der Waals surface area contributed by atoms with E-state index in [0.29, 0.717) is 0 Å². The summed E-state index contributed by atoms with van der Waals surface area (Å²) in [6.45, 7) is 7.99. The number of hydrogen-bond acceptors (Lipinski definition) is 1. The van der Waals surface area contributed by atoms with Gasteiger partial charge in [0, 0.05) is 12.8 Å². The van der Waals surface area contributed by atoms with Gasteiger partial charge < -0.3 is 0 Å². The predicted molar refractivity (Wildman–Crippen MR) is 72.0 cm³/mol. The van der Waals surface area contributed by atoms with Crippen LogP contribution in [0.25, 0.3) is 0 Å². The van der Waals surface area contributed by atoms with Gasteiger partial charge in [0.25, 0.3) is 0 Å². The van der Waals surface area contributed by atoms with E-state index in [1.807, 2.05) is 11.3 Å². The molecule has 1 aromatic rings. The lowest BCUT2D eigenvalue weighted by Crippen LogP contribution is -2.35. The average Bonchev–Trinajstić information content (AvgIpc) is 2.64. The fourth-order valence-electron chi connectivity index (χ4n) is 2.18. The van der Waals surface area contributed by atoms with E-state index in [4.69, 9.17) is 0 Å². The van der Waals surface area contributed by atoms with Crippen LogP contribution in [0.15, 0.2) is 5.51 Å². The molecule has 0 amide bonds. The van der Waals surface area contributed by atoms with Gasteiger partial charge in [-0.2, -0.15) is 4.57 Å². The number of nitrogens with zero attached hydrogens (tertiary/aromatic N) is 1. The quantitative estimate of drug-likeness (QED) is 0.472. The van der Waals surface area contributed by atoms with E-state index < -0.39 is 0 Å². The second-order valence-electron chi connectivity index (χ2n) is 4.54. The number of thiazole rings is 1. The minimum absolute atomic E-state index is 1.17. The second kappa shape index (κ2) is 7.83. The van der Waals surface area contributed by atoms with Crippen molar-refractivity contribution in [2.45, 2.75) is 72.3 Å². The van der Waals surface area contributed by atoms with E-state index in [1.54, 1.807) is 5.69 Å². The van der Waals surface area contributed by atoms with Gasteiger partial charge in [0.1, 0.15) is 6.54 Å². The Hall–Kier alpha value is -0.370. The molecule has 0 atom stereocenters. The molecular formula is C14H26NS+. The Morgan fingerprint density at radius 1 is 1.06 bits per heavy atom. The van der Waals surface area contributed by atoms with Gasteiger partial charge in [-0.25, -0.2) is 0 Å². The lowest BCUT2D eigenvalue weighted by atomic mass is 10.1. The summed E-state index contributed by atoms with van der Waals surface area (Å²) >= 11 is 1.89. The number of aryl methyl sites for hydroxylation is 2. The molecule has 1 rings (SSSR count). The smallest absolute Gasteiger partial charge is 0.192 e. The molecule has 92 valence electrons. The van der Waals surface area contributed by atoms with Crippen LogP contribution < -0.4 is 4.57 Å². The zero-order valence-corrected chi connectivity index (χ0v) is 11.9. The molecule has 1 heterocycles. The average molecular weight is 240 g/mol. The number of rotatable bonds is 8. The summed E-state index contributed by atoms with van der Waals surface area (Å²) in [6, 6.07) is 0. The Bertz CT molecular complexity index is 291. The van der Waals surface area contributed by atoms with Crippen LogP contribution in [0.1, 0.15) is 62.9 Å². The third kappa shape index (κ3) is 4.25. The van der Waals surface area contributed by atoms with Crippen molar-refractivity contribution in [2.24, 2.45) is 0 Å². The van der Waals surface area contributed by atoms with Crippen molar-refractivity contribution in [3.63, 3.8) is 0 Å². The third-order valence-corrected chi connectivity index (χ3v) is 4.15. The fraction of sp³-hybridized carbons (Fsp3) is 0.786. The summed E-state index contributed by atoms with van der Waals surface area (Å²) < 4.78 is 2.46. The molecule has 0 aliphatic rings. The lowest BCUT2D eigenvalue weighted by Gasteiger charge is -1.99. The van der Waals surface area contributed by atoms with Crippen molar-refractivity contribution in [3.05, 3.63) is 16.1 Å². The maximum Gasteiger partial charge on any atom is 0.225 e. The maximum absolute atomic E-state index is 2.46. The van der Waals surface area contributed by atoms with Crippen LogP contribution in [0.4, 0.5) is 0 Å². The molecule has 1 nitrogen and oxygen atoms in total. The molecule has 1 aromatic heterocycles. The zero-order chi connectivity index (χ0) is 11.8. The van der Waals surface area contributed by atoms with Crippen molar-refractivity contribution < 1.29 is 4.57 Å². The lowest BCUT2D eigenvalue weighted by molar-refractivity contribution is -0.699. The van der Waals surface area contributed by atoms with Crippen molar-refractivity contribution in [3.8, 4) is 0 Å². The first-order chi connectivity index (χ1) is 7.79. The Kier molecular flexibility index (Phi) is 6.70. The molecule has 0 unspecified atom stereocenters. The first-order valence-corrected chi connectivity index (χ1v) is 7.64. The molecule has 0 saturated carbocycles. The van der Waals surface area contributed by atoms with Gasteiger partial charge in [0.2, 0.25) is 5.51 Å². The highest BCUT2D eigenvalue weighted by Crippen LogP contribution is 2.11. The molecule has 0 N–H and O–H groups in total. The topological polar surface area (TPSA) is 3.88 Å². The predicted octanol–water partition coefficient (Wildman–Crippen LogP) is 4.27. The van der Waals surface area contributed by atoms with Crippen LogP contribution in [0, 0.1) is 6.92 Å². The van der Waals surface area contributed by atoms with Crippen LogP contribution in [0.3, 0.4) is 0 Å². The fourth-order valence-corrected chi connectivity index (χ4v) is 3.09. The summed E-state index contributed by atoms with van der Waals surface area (Å²) in [5, 5.41) is 0. The Labute approximate surface area is 105 Å². The molecule has 0 saturated heterocycles. The highest BCUT2D eigenvalue weighted by Gasteiger charge is 2.13. The zero-order valence-electron chi connectivity index (χ0n) is 11.1. The maximum atomic E-state index is 2.46. The first-order valence-electron chi connectivity index (χ1n) is 6.76. The van der Waals surface area contributed by atoms with E-state index in [1.165, 1.54) is 56.4 Å². The van der Waals surface area contributed by atoms with Crippen LogP contribution in [-0.2, 0) is 13.0 Å². The molecule has 0 aliphatic carbocycles. The van der Waals surface area contributed by atoms with E-state index in [0.717, 1.165) is 0 Å². The molecule has 0 radical (unpaired) electrons. The highest BCUT2D eigenvalue weighted by atomic mass is 32.1. The molecular weight excluding hydrogens is 214 g/mol. The van der Waals surface area contributed by atoms with Crippen molar-refractivity contribution in [1.29, 1.82) is 0 Å². The van der Waals surface area contributed by atoms with Crippen LogP contribution in [-0.4, -0.2) is 0 Å². The van der Waals surface area contributed by atoms with E-state index in [9.17, 15) is 0 Å². The van der Waals surface area contributed by atoms with Crippen molar-refractivity contribution in [1.82, 2.24) is 0 Å². The summed E-state index contributed by atoms with van der Waals surface area (Å²) in [5.41, 5.74) is 3.83. The summed E-state index contributed by atoms with van der Waals surface area (Å²) in [5.74, 6) is 0. The van der Waals surface area contributed by atoms with Gasteiger partial charge in [0.15, 0.2) is 5.69 Å². The Balaban J connectivity index is 2.21. The number of hydrogen-bond donors (Lipinski definition) is 0. The van der Waals surface area contributed by atoms with Gasteiger partial charge in [-0.3, -0.25) is 0 Å².